The van der Waals surface area contributed by atoms with Crippen molar-refractivity contribution in [1.82, 2.24) is 4.72 Å². The van der Waals surface area contributed by atoms with E-state index in [1.54, 1.807) is 6.92 Å². The topological polar surface area (TPSA) is 72.2 Å². The van der Waals surface area contributed by atoms with Crippen LogP contribution in [0.3, 0.4) is 0 Å². The highest BCUT2D eigenvalue weighted by molar-refractivity contribution is 7.89. The van der Waals surface area contributed by atoms with Gasteiger partial charge in [-0.05, 0) is 62.8 Å². The SMILES string of the molecule is CCC(CC)(CC)NS(=O)(=O)c1c(C)c(C)cc(N)c1C. The molecule has 0 aliphatic carbocycles. The summed E-state index contributed by atoms with van der Waals surface area (Å²) in [5, 5.41) is 0. The monoisotopic (exact) mass is 312 g/mol. The number of nitrogen functional groups attached to an aromatic ring is 1. The van der Waals surface area contributed by atoms with Gasteiger partial charge in [-0.1, -0.05) is 20.8 Å². The van der Waals surface area contributed by atoms with E-state index in [0.29, 0.717) is 16.1 Å². The van der Waals surface area contributed by atoms with Crippen LogP contribution in [0, 0.1) is 20.8 Å². The van der Waals surface area contributed by atoms with Gasteiger partial charge in [-0.15, -0.1) is 0 Å². The Bertz CT molecular complexity index is 583. The molecule has 0 aliphatic heterocycles. The molecule has 0 saturated heterocycles. The molecule has 0 amide bonds. The minimum Gasteiger partial charge on any atom is -0.398 e. The van der Waals surface area contributed by atoms with Crippen molar-refractivity contribution in [1.29, 1.82) is 0 Å². The second-order valence-electron chi connectivity index (χ2n) is 5.81. The Balaban J connectivity index is 3.46. The van der Waals surface area contributed by atoms with Gasteiger partial charge in [-0.2, -0.15) is 0 Å². The van der Waals surface area contributed by atoms with E-state index in [4.69, 9.17) is 5.73 Å². The summed E-state index contributed by atoms with van der Waals surface area (Å²) in [5.41, 5.74) is 8.38. The fourth-order valence-corrected chi connectivity index (χ4v) is 4.94. The van der Waals surface area contributed by atoms with E-state index in [1.807, 2.05) is 40.7 Å². The lowest BCUT2D eigenvalue weighted by Crippen LogP contribution is -2.47. The van der Waals surface area contributed by atoms with Crippen LogP contribution in [0.1, 0.15) is 56.7 Å². The van der Waals surface area contributed by atoms with Crippen molar-refractivity contribution in [2.24, 2.45) is 0 Å². The smallest absolute Gasteiger partial charge is 0.241 e. The average molecular weight is 312 g/mol. The molecule has 0 radical (unpaired) electrons. The number of benzene rings is 1. The van der Waals surface area contributed by atoms with Crippen LogP contribution in [0.2, 0.25) is 0 Å². The third kappa shape index (κ3) is 3.40. The van der Waals surface area contributed by atoms with Crippen LogP contribution in [0.4, 0.5) is 5.69 Å². The highest BCUT2D eigenvalue weighted by Gasteiger charge is 2.32. The summed E-state index contributed by atoms with van der Waals surface area (Å²) in [6.45, 7) is 11.5. The lowest BCUT2D eigenvalue weighted by Gasteiger charge is -2.32. The molecule has 0 heterocycles. The molecule has 5 heteroatoms. The summed E-state index contributed by atoms with van der Waals surface area (Å²) in [6.07, 6.45) is 2.29. The van der Waals surface area contributed by atoms with Gasteiger partial charge in [0, 0.05) is 11.2 Å². The molecule has 0 aromatic heterocycles. The number of hydrogen-bond acceptors (Lipinski definition) is 3. The molecule has 0 unspecified atom stereocenters. The van der Waals surface area contributed by atoms with Gasteiger partial charge < -0.3 is 5.73 Å². The molecule has 1 rings (SSSR count). The molecule has 4 nitrogen and oxygen atoms in total. The van der Waals surface area contributed by atoms with E-state index in [1.165, 1.54) is 0 Å². The lowest BCUT2D eigenvalue weighted by atomic mass is 9.91. The van der Waals surface area contributed by atoms with E-state index in [2.05, 4.69) is 4.72 Å². The molecule has 0 fully saturated rings. The van der Waals surface area contributed by atoms with Crippen LogP contribution in [-0.4, -0.2) is 14.0 Å². The molecular formula is C16H28N2O2S. The normalized spacial score (nSPS) is 12.7. The maximum Gasteiger partial charge on any atom is 0.241 e. The van der Waals surface area contributed by atoms with E-state index in [-0.39, 0.29) is 0 Å². The van der Waals surface area contributed by atoms with Gasteiger partial charge in [0.05, 0.1) is 4.90 Å². The average Bonchev–Trinajstić information content (AvgIpc) is 2.43. The van der Waals surface area contributed by atoms with Gasteiger partial charge in [0.1, 0.15) is 0 Å². The maximum absolute atomic E-state index is 12.9. The number of anilines is 1. The minimum absolute atomic E-state index is 0.333. The van der Waals surface area contributed by atoms with Crippen LogP contribution in [-0.2, 0) is 10.0 Å². The molecule has 0 bridgehead atoms. The Morgan fingerprint density at radius 3 is 1.95 bits per heavy atom. The number of rotatable bonds is 6. The van der Waals surface area contributed by atoms with Gasteiger partial charge >= 0.3 is 0 Å². The molecule has 1 aromatic carbocycles. The Morgan fingerprint density at radius 1 is 1.05 bits per heavy atom. The molecular weight excluding hydrogens is 284 g/mol. The van der Waals surface area contributed by atoms with Crippen LogP contribution < -0.4 is 10.5 Å². The number of nitrogens with one attached hydrogen (secondary N) is 1. The zero-order chi connectivity index (χ0) is 16.4. The first-order valence-corrected chi connectivity index (χ1v) is 9.02. The summed E-state index contributed by atoms with van der Waals surface area (Å²) in [4.78, 5) is 0.333. The zero-order valence-electron chi connectivity index (χ0n) is 14.0. The predicted octanol–water partition coefficient (Wildman–Crippen LogP) is 3.44. The van der Waals surface area contributed by atoms with Crippen LogP contribution >= 0.6 is 0 Å². The van der Waals surface area contributed by atoms with Crippen molar-refractivity contribution < 1.29 is 8.42 Å². The van der Waals surface area contributed by atoms with Gasteiger partial charge in [0.15, 0.2) is 0 Å². The highest BCUT2D eigenvalue weighted by atomic mass is 32.2. The standard InChI is InChI=1S/C16H28N2O2S/c1-7-16(8-2,9-3)18-21(19,20)15-12(5)11(4)10-14(17)13(15)6/h10,18H,7-9,17H2,1-6H3. The molecule has 0 aliphatic rings. The molecule has 3 N–H and O–H groups in total. The fourth-order valence-electron chi connectivity index (χ4n) is 2.75. The maximum atomic E-state index is 12.9. The van der Waals surface area contributed by atoms with Crippen molar-refractivity contribution in [3.8, 4) is 0 Å². The minimum atomic E-state index is -3.59. The quantitative estimate of drug-likeness (QED) is 0.790. The first-order chi connectivity index (χ1) is 9.64. The number of nitrogens with two attached hydrogens (primary N) is 1. The van der Waals surface area contributed by atoms with Gasteiger partial charge in [0.2, 0.25) is 10.0 Å². The van der Waals surface area contributed by atoms with E-state index in [0.717, 1.165) is 30.4 Å². The Morgan fingerprint density at radius 2 is 1.52 bits per heavy atom. The number of aryl methyl sites for hydroxylation is 1. The van der Waals surface area contributed by atoms with Gasteiger partial charge in [0.25, 0.3) is 0 Å². The summed E-state index contributed by atoms with van der Waals surface area (Å²) in [6, 6.07) is 1.83. The summed E-state index contributed by atoms with van der Waals surface area (Å²) >= 11 is 0. The summed E-state index contributed by atoms with van der Waals surface area (Å²) < 4.78 is 28.7. The number of sulfonamides is 1. The lowest BCUT2D eigenvalue weighted by molar-refractivity contribution is 0.341. The predicted molar refractivity (Wildman–Crippen MR) is 89.0 cm³/mol. The second kappa shape index (κ2) is 6.36. The molecule has 120 valence electrons. The van der Waals surface area contributed by atoms with Crippen molar-refractivity contribution in [3.05, 3.63) is 22.8 Å². The fraction of sp³-hybridized carbons (Fsp3) is 0.625. The first kappa shape index (κ1) is 18.0. The summed E-state index contributed by atoms with van der Waals surface area (Å²) in [5.74, 6) is 0. The van der Waals surface area contributed by atoms with Crippen LogP contribution in [0.25, 0.3) is 0 Å². The highest BCUT2D eigenvalue weighted by Crippen LogP contribution is 2.30. The number of hydrogen-bond donors (Lipinski definition) is 2. The first-order valence-electron chi connectivity index (χ1n) is 7.54. The van der Waals surface area contributed by atoms with Crippen molar-refractivity contribution in [3.63, 3.8) is 0 Å². The molecule has 1 aromatic rings. The largest absolute Gasteiger partial charge is 0.398 e. The Kier molecular flexibility index (Phi) is 5.45. The third-order valence-electron chi connectivity index (χ3n) is 4.73. The third-order valence-corrected chi connectivity index (χ3v) is 6.58. The van der Waals surface area contributed by atoms with E-state index in [9.17, 15) is 8.42 Å². The van der Waals surface area contributed by atoms with Crippen LogP contribution in [0.5, 0.6) is 0 Å². The molecule has 0 saturated carbocycles. The van der Waals surface area contributed by atoms with E-state index < -0.39 is 15.6 Å². The zero-order valence-corrected chi connectivity index (χ0v) is 14.8. The summed E-state index contributed by atoms with van der Waals surface area (Å²) in [7, 11) is -3.59. The Hall–Kier alpha value is -1.07. The van der Waals surface area contributed by atoms with Crippen molar-refractivity contribution in [2.75, 3.05) is 5.73 Å². The van der Waals surface area contributed by atoms with Gasteiger partial charge in [-0.3, -0.25) is 0 Å². The van der Waals surface area contributed by atoms with Crippen molar-refractivity contribution in [2.45, 2.75) is 71.2 Å². The van der Waals surface area contributed by atoms with E-state index >= 15 is 0 Å². The van der Waals surface area contributed by atoms with Gasteiger partial charge in [-0.25, -0.2) is 13.1 Å². The molecule has 21 heavy (non-hydrogen) atoms. The molecule has 0 spiro atoms. The Labute approximate surface area is 129 Å². The molecule has 0 atom stereocenters. The van der Waals surface area contributed by atoms with Crippen molar-refractivity contribution >= 4 is 15.7 Å². The second-order valence-corrected chi connectivity index (χ2v) is 7.43. The van der Waals surface area contributed by atoms with Crippen LogP contribution in [0.15, 0.2) is 11.0 Å².